The lowest BCUT2D eigenvalue weighted by Crippen LogP contribution is -2.54. The van der Waals surface area contributed by atoms with Crippen molar-refractivity contribution in [1.82, 2.24) is 10.2 Å². The van der Waals surface area contributed by atoms with Gasteiger partial charge in [-0.1, -0.05) is 12.1 Å². The van der Waals surface area contributed by atoms with Gasteiger partial charge >= 0.3 is 6.18 Å². The number of aromatic hydroxyl groups is 1. The molecule has 1 aliphatic rings. The van der Waals surface area contributed by atoms with E-state index in [0.29, 0.717) is 26.2 Å². The zero-order valence-corrected chi connectivity index (χ0v) is 12.8. The van der Waals surface area contributed by atoms with E-state index in [2.05, 4.69) is 0 Å². The number of benzene rings is 1. The van der Waals surface area contributed by atoms with Gasteiger partial charge in [0.25, 0.3) is 0 Å². The maximum Gasteiger partial charge on any atom is 0.405 e. The first-order valence-electron chi connectivity index (χ1n) is 7.39. The number of nitrogens with one attached hydrogen (secondary N) is 1. The molecule has 2 rings (SSSR count). The van der Waals surface area contributed by atoms with Crippen molar-refractivity contribution < 1.29 is 23.1 Å². The SMILES string of the molecule is CC(C(=O)NCC(F)(F)F)N1CCN(c2ccccc2O)CC1. The fourth-order valence-electron chi connectivity index (χ4n) is 2.58. The third-order valence-electron chi connectivity index (χ3n) is 3.93. The molecule has 0 spiro atoms. The van der Waals surface area contributed by atoms with E-state index in [1.165, 1.54) is 0 Å². The summed E-state index contributed by atoms with van der Waals surface area (Å²) in [6, 6.07) is 6.36. The maximum atomic E-state index is 12.1. The Morgan fingerprint density at radius 2 is 1.87 bits per heavy atom. The molecule has 1 fully saturated rings. The Morgan fingerprint density at radius 1 is 1.26 bits per heavy atom. The molecule has 2 N–H and O–H groups in total. The highest BCUT2D eigenvalue weighted by atomic mass is 19.4. The van der Waals surface area contributed by atoms with Crippen LogP contribution < -0.4 is 10.2 Å². The Labute approximate surface area is 132 Å². The summed E-state index contributed by atoms with van der Waals surface area (Å²) in [5.41, 5.74) is 0.723. The van der Waals surface area contributed by atoms with Crippen LogP contribution >= 0.6 is 0 Å². The number of carbonyl (C=O) groups excluding carboxylic acids is 1. The molecule has 0 saturated carbocycles. The van der Waals surface area contributed by atoms with Gasteiger partial charge in [-0.2, -0.15) is 13.2 Å². The highest BCUT2D eigenvalue weighted by Crippen LogP contribution is 2.27. The summed E-state index contributed by atoms with van der Waals surface area (Å²) in [7, 11) is 0. The van der Waals surface area contributed by atoms with Gasteiger partial charge in [-0.25, -0.2) is 0 Å². The molecule has 0 radical (unpaired) electrons. The van der Waals surface area contributed by atoms with Crippen molar-refractivity contribution in [3.05, 3.63) is 24.3 Å². The topological polar surface area (TPSA) is 55.8 Å². The van der Waals surface area contributed by atoms with Crippen molar-refractivity contribution in [1.29, 1.82) is 0 Å². The molecule has 1 unspecified atom stereocenters. The number of piperazine rings is 1. The predicted octanol–water partition coefficient (Wildman–Crippen LogP) is 1.58. The number of para-hydroxylation sites is 2. The quantitative estimate of drug-likeness (QED) is 0.880. The number of phenolic OH excluding ortho intramolecular Hbond substituents is 1. The normalized spacial score (nSPS) is 17.8. The first-order valence-corrected chi connectivity index (χ1v) is 7.39. The maximum absolute atomic E-state index is 12.1. The Morgan fingerprint density at radius 3 is 2.43 bits per heavy atom. The van der Waals surface area contributed by atoms with Gasteiger partial charge in [0.15, 0.2) is 0 Å². The molecule has 1 heterocycles. The molecule has 0 bridgehead atoms. The van der Waals surface area contributed by atoms with Crippen molar-refractivity contribution in [2.45, 2.75) is 19.1 Å². The van der Waals surface area contributed by atoms with E-state index in [1.807, 2.05) is 27.2 Å². The average molecular weight is 331 g/mol. The number of rotatable bonds is 4. The number of amides is 1. The van der Waals surface area contributed by atoms with Crippen LogP contribution in [0.1, 0.15) is 6.92 Å². The minimum absolute atomic E-state index is 0.192. The van der Waals surface area contributed by atoms with Crippen molar-refractivity contribution >= 4 is 11.6 Å². The lowest BCUT2D eigenvalue weighted by Gasteiger charge is -2.38. The molecule has 23 heavy (non-hydrogen) atoms. The predicted molar refractivity (Wildman–Crippen MR) is 80.4 cm³/mol. The van der Waals surface area contributed by atoms with Gasteiger partial charge in [-0.3, -0.25) is 9.69 Å². The van der Waals surface area contributed by atoms with E-state index in [9.17, 15) is 23.1 Å². The molecule has 0 aliphatic carbocycles. The molecule has 1 amide bonds. The van der Waals surface area contributed by atoms with Crippen molar-refractivity contribution in [2.24, 2.45) is 0 Å². The molecular weight excluding hydrogens is 311 g/mol. The zero-order chi connectivity index (χ0) is 17.0. The molecule has 5 nitrogen and oxygen atoms in total. The Hall–Kier alpha value is -1.96. The molecular formula is C15H20F3N3O2. The van der Waals surface area contributed by atoms with Crippen LogP contribution in [0.25, 0.3) is 0 Å². The highest BCUT2D eigenvalue weighted by Gasteiger charge is 2.31. The lowest BCUT2D eigenvalue weighted by atomic mass is 10.2. The van der Waals surface area contributed by atoms with E-state index in [0.717, 1.165) is 5.69 Å². The van der Waals surface area contributed by atoms with E-state index in [-0.39, 0.29) is 5.75 Å². The molecule has 1 aromatic carbocycles. The summed E-state index contributed by atoms with van der Waals surface area (Å²) in [5.74, 6) is -0.435. The van der Waals surface area contributed by atoms with Crippen LogP contribution in [-0.4, -0.2) is 60.9 Å². The standard InChI is InChI=1S/C15H20F3N3O2/c1-11(14(23)19-10-15(16,17)18)20-6-8-21(9-7-20)12-4-2-3-5-13(12)22/h2-5,11,22H,6-10H2,1H3,(H,19,23). The smallest absolute Gasteiger partial charge is 0.405 e. The minimum Gasteiger partial charge on any atom is -0.506 e. The summed E-state index contributed by atoms with van der Waals surface area (Å²) in [4.78, 5) is 15.6. The first-order chi connectivity index (χ1) is 10.8. The largest absolute Gasteiger partial charge is 0.506 e. The van der Waals surface area contributed by atoms with Crippen molar-refractivity contribution in [3.63, 3.8) is 0 Å². The van der Waals surface area contributed by atoms with E-state index >= 15 is 0 Å². The summed E-state index contributed by atoms with van der Waals surface area (Å²) >= 11 is 0. The third-order valence-corrected chi connectivity index (χ3v) is 3.93. The van der Waals surface area contributed by atoms with Gasteiger partial charge in [0.05, 0.1) is 11.7 Å². The Balaban J connectivity index is 1.86. The number of anilines is 1. The molecule has 128 valence electrons. The van der Waals surface area contributed by atoms with Crippen LogP contribution in [0.3, 0.4) is 0 Å². The zero-order valence-electron chi connectivity index (χ0n) is 12.8. The van der Waals surface area contributed by atoms with Gasteiger partial charge in [0.2, 0.25) is 5.91 Å². The minimum atomic E-state index is -4.40. The second-order valence-corrected chi connectivity index (χ2v) is 5.52. The van der Waals surface area contributed by atoms with Gasteiger partial charge < -0.3 is 15.3 Å². The van der Waals surface area contributed by atoms with Gasteiger partial charge in [0, 0.05) is 26.2 Å². The summed E-state index contributed by atoms with van der Waals surface area (Å²) in [5, 5.41) is 11.8. The fourth-order valence-corrected chi connectivity index (χ4v) is 2.58. The third kappa shape index (κ3) is 4.75. The van der Waals surface area contributed by atoms with Gasteiger partial charge in [-0.15, -0.1) is 0 Å². The second kappa shape index (κ2) is 7.08. The highest BCUT2D eigenvalue weighted by molar-refractivity contribution is 5.81. The molecule has 8 heteroatoms. The average Bonchev–Trinajstić information content (AvgIpc) is 2.52. The fraction of sp³-hybridized carbons (Fsp3) is 0.533. The van der Waals surface area contributed by atoms with Crippen LogP contribution in [0.2, 0.25) is 0 Å². The Kier molecular flexibility index (Phi) is 5.35. The van der Waals surface area contributed by atoms with Crippen molar-refractivity contribution in [3.8, 4) is 5.75 Å². The Bertz CT molecular complexity index is 543. The van der Waals surface area contributed by atoms with Crippen LogP contribution in [0, 0.1) is 0 Å². The number of halogens is 3. The molecule has 1 saturated heterocycles. The molecule has 1 aliphatic heterocycles. The number of hydrogen-bond donors (Lipinski definition) is 2. The summed E-state index contributed by atoms with van der Waals surface area (Å²) in [6.45, 7) is 2.54. The monoisotopic (exact) mass is 331 g/mol. The van der Waals surface area contributed by atoms with E-state index in [4.69, 9.17) is 0 Å². The molecule has 0 aromatic heterocycles. The van der Waals surface area contributed by atoms with Crippen molar-refractivity contribution in [2.75, 3.05) is 37.6 Å². The van der Waals surface area contributed by atoms with Crippen LogP contribution in [0.5, 0.6) is 5.75 Å². The van der Waals surface area contributed by atoms with Gasteiger partial charge in [-0.05, 0) is 19.1 Å². The number of alkyl halides is 3. The molecule has 1 aromatic rings. The number of nitrogens with zero attached hydrogens (tertiary/aromatic N) is 2. The summed E-state index contributed by atoms with van der Waals surface area (Å²) in [6.07, 6.45) is -4.40. The van der Waals surface area contributed by atoms with Crippen LogP contribution in [-0.2, 0) is 4.79 Å². The lowest BCUT2D eigenvalue weighted by molar-refractivity contribution is -0.141. The number of hydrogen-bond acceptors (Lipinski definition) is 4. The van der Waals surface area contributed by atoms with Crippen LogP contribution in [0.15, 0.2) is 24.3 Å². The number of carbonyl (C=O) groups is 1. The number of phenols is 1. The molecule has 1 atom stereocenters. The van der Waals surface area contributed by atoms with E-state index in [1.54, 1.807) is 19.1 Å². The second-order valence-electron chi connectivity index (χ2n) is 5.52. The van der Waals surface area contributed by atoms with E-state index < -0.39 is 24.7 Å². The van der Waals surface area contributed by atoms with Gasteiger partial charge in [0.1, 0.15) is 12.3 Å². The first kappa shape index (κ1) is 17.4. The summed E-state index contributed by atoms with van der Waals surface area (Å²) < 4.78 is 36.4. The van der Waals surface area contributed by atoms with Crippen LogP contribution in [0.4, 0.5) is 18.9 Å².